The second-order valence-corrected chi connectivity index (χ2v) is 3.91. The van der Waals surface area contributed by atoms with Gasteiger partial charge in [-0.25, -0.2) is 14.1 Å². The average Bonchev–Trinajstić information content (AvgIpc) is 2.46. The number of rotatable bonds is 1. The fourth-order valence-electron chi connectivity index (χ4n) is 1.28. The number of anilines is 1. The van der Waals surface area contributed by atoms with Gasteiger partial charge in [0, 0.05) is 4.47 Å². The molecule has 82 valence electrons. The maximum absolute atomic E-state index is 13.4. The largest absolute Gasteiger partial charge is 0.336 e. The van der Waals surface area contributed by atoms with Crippen LogP contribution in [0.3, 0.4) is 0 Å². The van der Waals surface area contributed by atoms with Crippen LogP contribution in [0.15, 0.2) is 22.7 Å². The molecular weight excluding hydrogens is 283 g/mol. The van der Waals surface area contributed by atoms with Crippen LogP contribution in [0.1, 0.15) is 0 Å². The Morgan fingerprint density at radius 1 is 1.25 bits per heavy atom. The Hall–Kier alpha value is -1.76. The van der Waals surface area contributed by atoms with Crippen molar-refractivity contribution in [2.24, 2.45) is 0 Å². The van der Waals surface area contributed by atoms with Gasteiger partial charge in [-0.1, -0.05) is 15.9 Å². The quantitative estimate of drug-likeness (QED) is 0.623. The van der Waals surface area contributed by atoms with Crippen molar-refractivity contribution < 1.29 is 18.8 Å². The Labute approximate surface area is 97.3 Å². The lowest BCUT2D eigenvalue weighted by Gasteiger charge is -2.12. The number of urea groups is 1. The fraction of sp³-hybridized carbons (Fsp3) is 0. The minimum Gasteiger partial charge on any atom is -0.269 e. The first kappa shape index (κ1) is 10.7. The monoisotopic (exact) mass is 286 g/mol. The number of benzene rings is 1. The number of nitrogens with one attached hydrogen (secondary N) is 1. The molecule has 0 unspecified atom stereocenters. The van der Waals surface area contributed by atoms with E-state index in [9.17, 15) is 18.8 Å². The van der Waals surface area contributed by atoms with Crippen molar-refractivity contribution in [3.63, 3.8) is 0 Å². The molecule has 1 aliphatic heterocycles. The molecule has 0 atom stereocenters. The number of carbonyl (C=O) groups excluding carboxylic acids is 3. The Morgan fingerprint density at radius 2 is 1.94 bits per heavy atom. The van der Waals surface area contributed by atoms with Gasteiger partial charge in [-0.15, -0.1) is 0 Å². The molecule has 1 fully saturated rings. The number of carbonyl (C=O) groups is 3. The van der Waals surface area contributed by atoms with Crippen molar-refractivity contribution in [1.82, 2.24) is 5.32 Å². The van der Waals surface area contributed by atoms with E-state index in [1.807, 2.05) is 0 Å². The van der Waals surface area contributed by atoms with Gasteiger partial charge in [0.05, 0.1) is 5.69 Å². The molecule has 1 saturated heterocycles. The molecule has 1 aromatic rings. The van der Waals surface area contributed by atoms with Crippen LogP contribution in [0.4, 0.5) is 14.9 Å². The molecule has 0 aromatic heterocycles. The Balaban J connectivity index is 2.52. The van der Waals surface area contributed by atoms with Gasteiger partial charge < -0.3 is 0 Å². The number of nitrogens with zero attached hydrogens (tertiary/aromatic N) is 1. The lowest BCUT2D eigenvalue weighted by molar-refractivity contribution is -0.134. The smallest absolute Gasteiger partial charge is 0.269 e. The van der Waals surface area contributed by atoms with Crippen LogP contribution >= 0.6 is 15.9 Å². The van der Waals surface area contributed by atoms with Crippen molar-refractivity contribution >= 4 is 39.5 Å². The summed E-state index contributed by atoms with van der Waals surface area (Å²) in [6.07, 6.45) is 0. The number of hydrogen-bond acceptors (Lipinski definition) is 3. The van der Waals surface area contributed by atoms with E-state index in [0.29, 0.717) is 9.37 Å². The second kappa shape index (κ2) is 3.67. The Kier molecular flexibility index (Phi) is 2.47. The normalized spacial score (nSPS) is 15.6. The summed E-state index contributed by atoms with van der Waals surface area (Å²) < 4.78 is 13.9. The lowest BCUT2D eigenvalue weighted by Crippen LogP contribution is -2.31. The van der Waals surface area contributed by atoms with Crippen molar-refractivity contribution in [2.75, 3.05) is 4.90 Å². The molecule has 1 N–H and O–H groups in total. The summed E-state index contributed by atoms with van der Waals surface area (Å²) in [5, 5.41) is 1.78. The van der Waals surface area contributed by atoms with Crippen LogP contribution in [-0.2, 0) is 9.59 Å². The molecule has 1 aliphatic rings. The molecule has 1 aromatic carbocycles. The summed E-state index contributed by atoms with van der Waals surface area (Å²) >= 11 is 3.08. The third-order valence-electron chi connectivity index (χ3n) is 1.97. The van der Waals surface area contributed by atoms with E-state index in [1.54, 1.807) is 5.32 Å². The molecule has 2 rings (SSSR count). The summed E-state index contributed by atoms with van der Waals surface area (Å²) in [6, 6.07) is 2.79. The van der Waals surface area contributed by atoms with Crippen molar-refractivity contribution in [1.29, 1.82) is 0 Å². The minimum atomic E-state index is -1.10. The van der Waals surface area contributed by atoms with Gasteiger partial charge in [-0.05, 0) is 18.2 Å². The molecule has 1 heterocycles. The second-order valence-electron chi connectivity index (χ2n) is 3.00. The predicted octanol–water partition coefficient (Wildman–Crippen LogP) is 1.17. The molecule has 16 heavy (non-hydrogen) atoms. The fourth-order valence-corrected chi connectivity index (χ4v) is 1.63. The molecule has 4 amide bonds. The van der Waals surface area contributed by atoms with E-state index in [1.165, 1.54) is 12.1 Å². The van der Waals surface area contributed by atoms with Gasteiger partial charge in [-0.3, -0.25) is 14.9 Å². The lowest BCUT2D eigenvalue weighted by atomic mass is 10.3. The highest BCUT2D eigenvalue weighted by Gasteiger charge is 2.39. The van der Waals surface area contributed by atoms with Gasteiger partial charge in [0.15, 0.2) is 0 Å². The van der Waals surface area contributed by atoms with E-state index >= 15 is 0 Å². The van der Waals surface area contributed by atoms with E-state index in [0.717, 1.165) is 6.07 Å². The molecule has 0 radical (unpaired) electrons. The van der Waals surface area contributed by atoms with E-state index < -0.39 is 23.7 Å². The summed E-state index contributed by atoms with van der Waals surface area (Å²) in [6.45, 7) is 0. The maximum atomic E-state index is 13.4. The Bertz CT molecular complexity index is 517. The SMILES string of the molecule is O=C1NC(=O)N(c2cc(Br)ccc2F)C1=O. The van der Waals surface area contributed by atoms with Crippen molar-refractivity contribution in [3.8, 4) is 0 Å². The van der Waals surface area contributed by atoms with Gasteiger partial charge in [-0.2, -0.15) is 0 Å². The number of hydrogen-bond donors (Lipinski definition) is 1. The van der Waals surface area contributed by atoms with Gasteiger partial charge in [0.2, 0.25) is 0 Å². The zero-order chi connectivity index (χ0) is 11.9. The molecule has 0 bridgehead atoms. The molecule has 7 heteroatoms. The highest BCUT2D eigenvalue weighted by molar-refractivity contribution is 9.10. The van der Waals surface area contributed by atoms with E-state index in [4.69, 9.17) is 0 Å². The number of imide groups is 2. The predicted molar refractivity (Wildman–Crippen MR) is 55.1 cm³/mol. The van der Waals surface area contributed by atoms with Gasteiger partial charge in [0.1, 0.15) is 5.82 Å². The number of halogens is 2. The minimum absolute atomic E-state index is 0.261. The average molecular weight is 287 g/mol. The van der Waals surface area contributed by atoms with Crippen LogP contribution < -0.4 is 10.2 Å². The van der Waals surface area contributed by atoms with E-state index in [2.05, 4.69) is 15.9 Å². The molecular formula is C9H4BrFN2O3. The zero-order valence-corrected chi connectivity index (χ0v) is 9.25. The van der Waals surface area contributed by atoms with Crippen LogP contribution in [-0.4, -0.2) is 17.8 Å². The van der Waals surface area contributed by atoms with Crippen LogP contribution in [0.25, 0.3) is 0 Å². The standard InChI is InChI=1S/C9H4BrFN2O3/c10-4-1-2-5(11)6(3-4)13-8(15)7(14)12-9(13)16/h1-3H,(H,12,14,16). The third kappa shape index (κ3) is 1.58. The van der Waals surface area contributed by atoms with E-state index in [-0.39, 0.29) is 5.69 Å². The topological polar surface area (TPSA) is 66.5 Å². The van der Waals surface area contributed by atoms with Crippen molar-refractivity contribution in [3.05, 3.63) is 28.5 Å². The number of amides is 4. The zero-order valence-electron chi connectivity index (χ0n) is 7.66. The maximum Gasteiger partial charge on any atom is 0.336 e. The molecule has 0 spiro atoms. The van der Waals surface area contributed by atoms with Gasteiger partial charge in [0.25, 0.3) is 0 Å². The summed E-state index contributed by atoms with van der Waals surface area (Å²) in [5.41, 5.74) is -0.261. The highest BCUT2D eigenvalue weighted by atomic mass is 79.9. The molecule has 0 aliphatic carbocycles. The highest BCUT2D eigenvalue weighted by Crippen LogP contribution is 2.25. The van der Waals surface area contributed by atoms with Crippen LogP contribution in [0.5, 0.6) is 0 Å². The van der Waals surface area contributed by atoms with Gasteiger partial charge >= 0.3 is 17.8 Å². The first-order valence-electron chi connectivity index (χ1n) is 4.15. The summed E-state index contributed by atoms with van der Waals surface area (Å²) in [5.74, 6) is -2.92. The van der Waals surface area contributed by atoms with Crippen molar-refractivity contribution in [2.45, 2.75) is 0 Å². The Morgan fingerprint density at radius 3 is 2.50 bits per heavy atom. The summed E-state index contributed by atoms with van der Waals surface area (Å²) in [7, 11) is 0. The first-order chi connectivity index (χ1) is 7.50. The first-order valence-corrected chi connectivity index (χ1v) is 4.94. The third-order valence-corrected chi connectivity index (χ3v) is 2.46. The van der Waals surface area contributed by atoms with Crippen LogP contribution in [0, 0.1) is 5.82 Å². The molecule has 5 nitrogen and oxygen atoms in total. The molecule has 0 saturated carbocycles. The van der Waals surface area contributed by atoms with Crippen LogP contribution in [0.2, 0.25) is 0 Å². The summed E-state index contributed by atoms with van der Waals surface area (Å²) in [4.78, 5) is 33.9.